The molecule has 0 bridgehead atoms. The highest BCUT2D eigenvalue weighted by atomic mass is 15.2. The van der Waals surface area contributed by atoms with Gasteiger partial charge in [0, 0.05) is 18.7 Å². The van der Waals surface area contributed by atoms with Gasteiger partial charge in [-0.2, -0.15) is 5.10 Å². The van der Waals surface area contributed by atoms with Gasteiger partial charge in [-0.05, 0) is 12.5 Å². The fourth-order valence-corrected chi connectivity index (χ4v) is 1.93. The van der Waals surface area contributed by atoms with Gasteiger partial charge in [0.15, 0.2) is 0 Å². The summed E-state index contributed by atoms with van der Waals surface area (Å²) < 4.78 is 0. The summed E-state index contributed by atoms with van der Waals surface area (Å²) in [5.74, 6) is 0.539. The van der Waals surface area contributed by atoms with Crippen LogP contribution in [0.15, 0.2) is 0 Å². The Morgan fingerprint density at radius 1 is 1.46 bits per heavy atom. The Morgan fingerprint density at radius 3 is 2.85 bits per heavy atom. The standard InChI is InChI=1S/C10H17N3/c1-4-13-5-8-9(6-13)11-12-10(8)7(2)3/h7H,4-6H2,1-3H3,(H,11,12). The van der Waals surface area contributed by atoms with Crippen LogP contribution in [-0.2, 0) is 13.1 Å². The molecule has 0 saturated carbocycles. The van der Waals surface area contributed by atoms with E-state index < -0.39 is 0 Å². The Morgan fingerprint density at radius 2 is 2.23 bits per heavy atom. The number of aromatic nitrogens is 2. The van der Waals surface area contributed by atoms with Crippen molar-refractivity contribution in [3.63, 3.8) is 0 Å². The normalized spacial score (nSPS) is 16.9. The van der Waals surface area contributed by atoms with E-state index in [1.165, 1.54) is 17.0 Å². The predicted molar refractivity (Wildman–Crippen MR) is 52.5 cm³/mol. The van der Waals surface area contributed by atoms with Crippen LogP contribution in [-0.4, -0.2) is 21.6 Å². The first kappa shape index (κ1) is 8.75. The summed E-state index contributed by atoms with van der Waals surface area (Å²) in [7, 11) is 0. The minimum atomic E-state index is 0.539. The van der Waals surface area contributed by atoms with Crippen molar-refractivity contribution in [2.75, 3.05) is 6.54 Å². The predicted octanol–water partition coefficient (Wildman–Crippen LogP) is 1.87. The molecule has 0 aliphatic carbocycles. The maximum atomic E-state index is 4.35. The van der Waals surface area contributed by atoms with E-state index in [-0.39, 0.29) is 0 Å². The first-order chi connectivity index (χ1) is 6.22. The van der Waals surface area contributed by atoms with Gasteiger partial charge in [-0.3, -0.25) is 10.00 Å². The average molecular weight is 179 g/mol. The van der Waals surface area contributed by atoms with Crippen molar-refractivity contribution in [2.24, 2.45) is 0 Å². The molecule has 3 heteroatoms. The van der Waals surface area contributed by atoms with Crippen LogP contribution in [0.3, 0.4) is 0 Å². The van der Waals surface area contributed by atoms with Gasteiger partial charge < -0.3 is 0 Å². The fourth-order valence-electron chi connectivity index (χ4n) is 1.93. The number of hydrogen-bond donors (Lipinski definition) is 1. The number of H-pyrrole nitrogens is 1. The van der Waals surface area contributed by atoms with Gasteiger partial charge in [-0.25, -0.2) is 0 Å². The van der Waals surface area contributed by atoms with Crippen molar-refractivity contribution in [1.82, 2.24) is 15.1 Å². The van der Waals surface area contributed by atoms with E-state index in [0.717, 1.165) is 19.6 Å². The van der Waals surface area contributed by atoms with E-state index in [4.69, 9.17) is 0 Å². The summed E-state index contributed by atoms with van der Waals surface area (Å²) in [6.07, 6.45) is 0. The summed E-state index contributed by atoms with van der Waals surface area (Å²) >= 11 is 0. The number of nitrogens with one attached hydrogen (secondary N) is 1. The van der Waals surface area contributed by atoms with Gasteiger partial charge in [0.05, 0.1) is 11.4 Å². The van der Waals surface area contributed by atoms with Gasteiger partial charge >= 0.3 is 0 Å². The van der Waals surface area contributed by atoms with Crippen LogP contribution in [0, 0.1) is 0 Å². The molecule has 1 aromatic rings. The molecule has 0 spiro atoms. The SMILES string of the molecule is CCN1Cc2[nH]nc(C(C)C)c2C1. The van der Waals surface area contributed by atoms with Crippen molar-refractivity contribution in [3.05, 3.63) is 17.0 Å². The third-order valence-corrected chi connectivity index (χ3v) is 2.74. The molecule has 1 aromatic heterocycles. The van der Waals surface area contributed by atoms with Crippen molar-refractivity contribution < 1.29 is 0 Å². The number of nitrogens with zero attached hydrogens (tertiary/aromatic N) is 2. The molecule has 0 aromatic carbocycles. The molecule has 0 unspecified atom stereocenters. The van der Waals surface area contributed by atoms with E-state index in [1.807, 2.05) is 0 Å². The van der Waals surface area contributed by atoms with E-state index in [2.05, 4.69) is 35.9 Å². The molecule has 72 valence electrons. The van der Waals surface area contributed by atoms with Gasteiger partial charge in [-0.1, -0.05) is 20.8 Å². The molecule has 13 heavy (non-hydrogen) atoms. The Bertz CT molecular complexity index is 301. The molecule has 0 saturated heterocycles. The summed E-state index contributed by atoms with van der Waals surface area (Å²) in [5.41, 5.74) is 4.02. The molecule has 2 rings (SSSR count). The molecule has 2 heterocycles. The summed E-state index contributed by atoms with van der Waals surface area (Å²) in [4.78, 5) is 2.43. The highest BCUT2D eigenvalue weighted by Crippen LogP contribution is 2.27. The number of aromatic amines is 1. The zero-order chi connectivity index (χ0) is 9.42. The molecule has 0 fully saturated rings. The van der Waals surface area contributed by atoms with E-state index in [1.54, 1.807) is 0 Å². The lowest BCUT2D eigenvalue weighted by Gasteiger charge is -2.11. The second-order valence-corrected chi connectivity index (χ2v) is 4.02. The number of fused-ring (bicyclic) bond motifs is 1. The van der Waals surface area contributed by atoms with Crippen LogP contribution in [0.1, 0.15) is 43.6 Å². The van der Waals surface area contributed by atoms with Crippen LogP contribution >= 0.6 is 0 Å². The van der Waals surface area contributed by atoms with Gasteiger partial charge in [0.25, 0.3) is 0 Å². The number of hydrogen-bond acceptors (Lipinski definition) is 2. The zero-order valence-corrected chi connectivity index (χ0v) is 8.59. The molecule has 0 atom stereocenters. The molecule has 3 nitrogen and oxygen atoms in total. The Labute approximate surface area is 79.1 Å². The minimum absolute atomic E-state index is 0.539. The smallest absolute Gasteiger partial charge is 0.0695 e. The van der Waals surface area contributed by atoms with Gasteiger partial charge in [-0.15, -0.1) is 0 Å². The highest BCUT2D eigenvalue weighted by Gasteiger charge is 2.24. The highest BCUT2D eigenvalue weighted by molar-refractivity contribution is 5.30. The molecule has 1 aliphatic rings. The molecular formula is C10H17N3. The van der Waals surface area contributed by atoms with Crippen molar-refractivity contribution in [1.29, 1.82) is 0 Å². The van der Waals surface area contributed by atoms with Gasteiger partial charge in [0.1, 0.15) is 0 Å². The van der Waals surface area contributed by atoms with Crippen LogP contribution < -0.4 is 0 Å². The minimum Gasteiger partial charge on any atom is -0.293 e. The lowest BCUT2D eigenvalue weighted by molar-refractivity contribution is 0.296. The Kier molecular flexibility index (Phi) is 2.12. The molecule has 1 N–H and O–H groups in total. The maximum Gasteiger partial charge on any atom is 0.0695 e. The second-order valence-electron chi connectivity index (χ2n) is 4.02. The first-order valence-electron chi connectivity index (χ1n) is 5.00. The van der Waals surface area contributed by atoms with E-state index in [0.29, 0.717) is 5.92 Å². The largest absolute Gasteiger partial charge is 0.293 e. The van der Waals surface area contributed by atoms with Crippen molar-refractivity contribution >= 4 is 0 Å². The Hall–Kier alpha value is -0.830. The molecule has 0 amide bonds. The summed E-state index contributed by atoms with van der Waals surface area (Å²) in [5, 5.41) is 7.49. The first-order valence-corrected chi connectivity index (χ1v) is 5.00. The average Bonchev–Trinajstić information content (AvgIpc) is 2.59. The second kappa shape index (κ2) is 3.14. The van der Waals surface area contributed by atoms with Gasteiger partial charge in [0.2, 0.25) is 0 Å². The molecule has 1 aliphatic heterocycles. The van der Waals surface area contributed by atoms with Crippen molar-refractivity contribution in [3.8, 4) is 0 Å². The summed E-state index contributed by atoms with van der Waals surface area (Å²) in [6, 6.07) is 0. The van der Waals surface area contributed by atoms with E-state index >= 15 is 0 Å². The quantitative estimate of drug-likeness (QED) is 0.751. The monoisotopic (exact) mass is 179 g/mol. The number of rotatable bonds is 2. The van der Waals surface area contributed by atoms with Crippen LogP contribution in [0.4, 0.5) is 0 Å². The lowest BCUT2D eigenvalue weighted by Crippen LogP contribution is -2.16. The summed E-state index contributed by atoms with van der Waals surface area (Å²) in [6.45, 7) is 9.85. The Balaban J connectivity index is 2.27. The van der Waals surface area contributed by atoms with E-state index in [9.17, 15) is 0 Å². The third kappa shape index (κ3) is 1.37. The lowest BCUT2D eigenvalue weighted by atomic mass is 10.1. The van der Waals surface area contributed by atoms with Crippen molar-refractivity contribution in [2.45, 2.75) is 39.8 Å². The maximum absolute atomic E-state index is 4.35. The molecule has 0 radical (unpaired) electrons. The topological polar surface area (TPSA) is 31.9 Å². The third-order valence-electron chi connectivity index (χ3n) is 2.74. The zero-order valence-electron chi connectivity index (χ0n) is 8.59. The van der Waals surface area contributed by atoms with Crippen LogP contribution in [0.25, 0.3) is 0 Å². The van der Waals surface area contributed by atoms with Crippen LogP contribution in [0.5, 0.6) is 0 Å². The fraction of sp³-hybridized carbons (Fsp3) is 0.700. The molecular weight excluding hydrogens is 162 g/mol. The van der Waals surface area contributed by atoms with Crippen LogP contribution in [0.2, 0.25) is 0 Å².